The Hall–Kier alpha value is -3.71. The molecule has 0 aromatic heterocycles. The van der Waals surface area contributed by atoms with Crippen molar-refractivity contribution in [2.24, 2.45) is 0 Å². The van der Waals surface area contributed by atoms with E-state index in [0.717, 1.165) is 16.8 Å². The van der Waals surface area contributed by atoms with Crippen LogP contribution in [0.4, 0.5) is 10.1 Å². The molecule has 1 aliphatic heterocycles. The highest BCUT2D eigenvalue weighted by Crippen LogP contribution is 2.61. The highest BCUT2D eigenvalue weighted by Gasteiger charge is 2.40. The summed E-state index contributed by atoms with van der Waals surface area (Å²) in [6, 6.07) is 23.9. The molecule has 0 bridgehead atoms. The summed E-state index contributed by atoms with van der Waals surface area (Å²) in [6.45, 7) is 2.18. The van der Waals surface area contributed by atoms with E-state index in [1.165, 1.54) is 31.4 Å². The van der Waals surface area contributed by atoms with Crippen LogP contribution in [-0.2, 0) is 18.6 Å². The van der Waals surface area contributed by atoms with Crippen LogP contribution in [0.1, 0.15) is 28.8 Å². The SMILES string of the molecule is COP(=O)(Nc1ccc(F)cc1)C1=C(N2CCOCC2)/C(=C(\OC(=O)c2ccccc2)c2ccccc2)CC1. The smallest absolute Gasteiger partial charge is 0.343 e. The van der Waals surface area contributed by atoms with Crippen LogP contribution in [0.15, 0.2) is 102 Å². The minimum atomic E-state index is -3.62. The minimum Gasteiger partial charge on any atom is -0.422 e. The molecule has 202 valence electrons. The number of halogens is 1. The van der Waals surface area contributed by atoms with Crippen molar-refractivity contribution in [3.05, 3.63) is 118 Å². The molecule has 1 saturated heterocycles. The molecule has 0 amide bonds. The summed E-state index contributed by atoms with van der Waals surface area (Å²) in [7, 11) is -2.22. The first-order chi connectivity index (χ1) is 19.0. The fourth-order valence-corrected chi connectivity index (χ4v) is 6.75. The number of morpholine rings is 1. The zero-order valence-corrected chi connectivity index (χ0v) is 22.5. The number of nitrogens with zero attached hydrogens (tertiary/aromatic N) is 1. The Bertz CT molecular complexity index is 1420. The third-order valence-corrected chi connectivity index (χ3v) is 8.96. The molecular formula is C30H30FN2O5P. The molecule has 5 rings (SSSR count). The second-order valence-electron chi connectivity index (χ2n) is 9.18. The molecule has 1 aliphatic carbocycles. The number of nitrogens with one attached hydrogen (secondary N) is 1. The second kappa shape index (κ2) is 12.0. The lowest BCUT2D eigenvalue weighted by Crippen LogP contribution is -2.36. The maximum Gasteiger partial charge on any atom is 0.343 e. The van der Waals surface area contributed by atoms with Crippen LogP contribution >= 0.6 is 7.52 Å². The van der Waals surface area contributed by atoms with Gasteiger partial charge in [-0.05, 0) is 49.2 Å². The fraction of sp³-hybridized carbons (Fsp3) is 0.233. The number of allylic oxidation sites excluding steroid dienone is 2. The van der Waals surface area contributed by atoms with Crippen molar-refractivity contribution in [1.82, 2.24) is 4.90 Å². The zero-order chi connectivity index (χ0) is 27.2. The maximum absolute atomic E-state index is 14.4. The van der Waals surface area contributed by atoms with Gasteiger partial charge < -0.3 is 24.0 Å². The van der Waals surface area contributed by atoms with Crippen molar-refractivity contribution in [1.29, 1.82) is 0 Å². The molecule has 1 heterocycles. The van der Waals surface area contributed by atoms with E-state index in [2.05, 4.69) is 9.99 Å². The summed E-state index contributed by atoms with van der Waals surface area (Å²) in [5, 5.41) is 3.62. The van der Waals surface area contributed by atoms with Crippen LogP contribution in [0.2, 0.25) is 0 Å². The molecule has 7 nitrogen and oxygen atoms in total. The lowest BCUT2D eigenvalue weighted by Gasteiger charge is -2.33. The number of carbonyl (C=O) groups is 1. The molecule has 1 unspecified atom stereocenters. The average molecular weight is 549 g/mol. The molecule has 2 aliphatic rings. The third kappa shape index (κ3) is 5.98. The predicted octanol–water partition coefficient (Wildman–Crippen LogP) is 6.68. The maximum atomic E-state index is 14.4. The Kier molecular flexibility index (Phi) is 8.27. The Morgan fingerprint density at radius 1 is 0.897 bits per heavy atom. The zero-order valence-electron chi connectivity index (χ0n) is 21.6. The molecule has 0 radical (unpaired) electrons. The van der Waals surface area contributed by atoms with Gasteiger partial charge in [0.2, 0.25) is 0 Å². The molecule has 0 saturated carbocycles. The van der Waals surface area contributed by atoms with E-state index in [1.807, 2.05) is 36.4 Å². The van der Waals surface area contributed by atoms with Crippen molar-refractivity contribution in [3.8, 4) is 0 Å². The number of benzene rings is 3. The Morgan fingerprint density at radius 3 is 2.13 bits per heavy atom. The van der Waals surface area contributed by atoms with Crippen molar-refractivity contribution in [3.63, 3.8) is 0 Å². The molecule has 39 heavy (non-hydrogen) atoms. The van der Waals surface area contributed by atoms with E-state index in [4.69, 9.17) is 14.0 Å². The van der Waals surface area contributed by atoms with Gasteiger partial charge in [0.05, 0.1) is 29.8 Å². The molecule has 3 aromatic carbocycles. The topological polar surface area (TPSA) is 77.1 Å². The van der Waals surface area contributed by atoms with Crippen LogP contribution in [0, 0.1) is 5.82 Å². The van der Waals surface area contributed by atoms with Crippen LogP contribution in [0.5, 0.6) is 0 Å². The molecular weight excluding hydrogens is 518 g/mol. The normalized spacial score (nSPS) is 18.5. The van der Waals surface area contributed by atoms with Crippen molar-refractivity contribution >= 4 is 24.9 Å². The summed E-state index contributed by atoms with van der Waals surface area (Å²) < 4.78 is 45.3. The van der Waals surface area contributed by atoms with Gasteiger partial charge in [0.25, 0.3) is 0 Å². The third-order valence-electron chi connectivity index (χ3n) is 6.75. The molecule has 1 atom stereocenters. The number of hydrogen-bond donors (Lipinski definition) is 1. The highest BCUT2D eigenvalue weighted by atomic mass is 31.2. The second-order valence-corrected chi connectivity index (χ2v) is 11.4. The van der Waals surface area contributed by atoms with Gasteiger partial charge in [0, 0.05) is 37.0 Å². The van der Waals surface area contributed by atoms with Gasteiger partial charge in [-0.25, -0.2) is 9.18 Å². The van der Waals surface area contributed by atoms with Crippen molar-refractivity contribution in [2.75, 3.05) is 38.5 Å². The number of ether oxygens (including phenoxy) is 2. The van der Waals surface area contributed by atoms with Gasteiger partial charge >= 0.3 is 13.5 Å². The van der Waals surface area contributed by atoms with Gasteiger partial charge in [-0.1, -0.05) is 48.5 Å². The van der Waals surface area contributed by atoms with E-state index in [1.54, 1.807) is 24.3 Å². The van der Waals surface area contributed by atoms with E-state index < -0.39 is 13.5 Å². The van der Waals surface area contributed by atoms with Gasteiger partial charge in [-0.3, -0.25) is 4.57 Å². The first-order valence-electron chi connectivity index (χ1n) is 12.8. The molecule has 1 N–H and O–H groups in total. The highest BCUT2D eigenvalue weighted by molar-refractivity contribution is 7.65. The summed E-state index contributed by atoms with van der Waals surface area (Å²) in [6.07, 6.45) is 0.924. The molecule has 9 heteroatoms. The first-order valence-corrected chi connectivity index (χ1v) is 14.4. The van der Waals surface area contributed by atoms with Gasteiger partial charge in [-0.15, -0.1) is 0 Å². The summed E-state index contributed by atoms with van der Waals surface area (Å²) in [5.74, 6) is -0.443. The summed E-state index contributed by atoms with van der Waals surface area (Å²) in [5.41, 5.74) is 3.16. The van der Waals surface area contributed by atoms with Crippen LogP contribution in [0.25, 0.3) is 5.76 Å². The number of rotatable bonds is 8. The number of esters is 1. The quantitative estimate of drug-likeness (QED) is 0.191. The predicted molar refractivity (Wildman–Crippen MR) is 149 cm³/mol. The first kappa shape index (κ1) is 26.9. The molecule has 0 spiro atoms. The van der Waals surface area contributed by atoms with Crippen LogP contribution < -0.4 is 5.09 Å². The van der Waals surface area contributed by atoms with Gasteiger partial charge in [0.15, 0.2) is 0 Å². The number of anilines is 1. The lowest BCUT2D eigenvalue weighted by molar-refractivity contribution is 0.0544. The van der Waals surface area contributed by atoms with E-state index >= 15 is 0 Å². The lowest BCUT2D eigenvalue weighted by atomic mass is 10.0. The fourth-order valence-electron chi connectivity index (χ4n) is 4.85. The van der Waals surface area contributed by atoms with Crippen LogP contribution in [-0.4, -0.2) is 44.3 Å². The number of carbonyl (C=O) groups excluding carboxylic acids is 1. The minimum absolute atomic E-state index is 0.389. The summed E-state index contributed by atoms with van der Waals surface area (Å²) in [4.78, 5) is 15.4. The largest absolute Gasteiger partial charge is 0.422 e. The van der Waals surface area contributed by atoms with Gasteiger partial charge in [0.1, 0.15) is 11.6 Å². The van der Waals surface area contributed by atoms with Crippen molar-refractivity contribution < 1.29 is 27.7 Å². The summed E-state index contributed by atoms with van der Waals surface area (Å²) >= 11 is 0. The standard InChI is InChI=1S/C30H30FN2O5P/c1-36-39(35,32-25-14-12-24(31)13-15-25)27-17-16-26(28(27)33-18-20-37-21-19-33)29(22-8-4-2-5-9-22)38-30(34)23-10-6-3-7-11-23/h2-15H,16-21H2,1H3,(H,32,35)/b29-26-. The van der Waals surface area contributed by atoms with Gasteiger partial charge in [-0.2, -0.15) is 0 Å². The van der Waals surface area contributed by atoms with E-state index in [9.17, 15) is 13.8 Å². The Labute approximate surface area is 227 Å². The van der Waals surface area contributed by atoms with E-state index in [-0.39, 0.29) is 5.82 Å². The van der Waals surface area contributed by atoms with Crippen LogP contribution in [0.3, 0.4) is 0 Å². The van der Waals surface area contributed by atoms with E-state index in [0.29, 0.717) is 61.5 Å². The molecule has 1 fully saturated rings. The Balaban J connectivity index is 1.65. The van der Waals surface area contributed by atoms with Crippen molar-refractivity contribution in [2.45, 2.75) is 12.8 Å². The number of hydrogen-bond acceptors (Lipinski definition) is 6. The molecule has 3 aromatic rings. The average Bonchev–Trinajstić information content (AvgIpc) is 3.44. The Morgan fingerprint density at radius 2 is 1.51 bits per heavy atom. The monoisotopic (exact) mass is 548 g/mol.